The van der Waals surface area contributed by atoms with Crippen LogP contribution in [0.15, 0.2) is 59.7 Å². The second-order valence-corrected chi connectivity index (χ2v) is 5.01. The molecule has 0 fully saturated rings. The van der Waals surface area contributed by atoms with E-state index in [9.17, 15) is 4.79 Å². The van der Waals surface area contributed by atoms with Gasteiger partial charge in [0.1, 0.15) is 0 Å². The Labute approximate surface area is 113 Å². The first-order chi connectivity index (χ1) is 9.25. The molecule has 0 N–H and O–H groups in total. The molecule has 0 saturated heterocycles. The van der Waals surface area contributed by atoms with Crippen molar-refractivity contribution in [2.45, 2.75) is 6.54 Å². The van der Waals surface area contributed by atoms with Gasteiger partial charge in [-0.15, -0.1) is 9.24 Å². The lowest BCUT2D eigenvalue weighted by atomic mass is 10.2. The summed E-state index contributed by atoms with van der Waals surface area (Å²) in [7, 11) is 2.69. The van der Waals surface area contributed by atoms with Crippen LogP contribution in [0.5, 0.6) is 0 Å². The highest BCUT2D eigenvalue weighted by molar-refractivity contribution is 7.28. The lowest BCUT2D eigenvalue weighted by molar-refractivity contribution is 0.750. The Kier molecular flexibility index (Phi) is 3.14. The summed E-state index contributed by atoms with van der Waals surface area (Å²) < 4.78 is 1.70. The summed E-state index contributed by atoms with van der Waals surface area (Å²) in [5.41, 5.74) is 0.900. The lowest BCUT2D eigenvalue weighted by Crippen LogP contribution is -2.24. The molecule has 3 rings (SSSR count). The number of pyridine rings is 2. The normalized spacial score (nSPS) is 10.8. The van der Waals surface area contributed by atoms with Crippen molar-refractivity contribution in [1.82, 2.24) is 9.55 Å². The number of fused-ring (bicyclic) bond motifs is 1. The Morgan fingerprint density at radius 2 is 1.79 bits per heavy atom. The van der Waals surface area contributed by atoms with Crippen LogP contribution in [0.25, 0.3) is 10.8 Å². The van der Waals surface area contributed by atoms with Crippen molar-refractivity contribution in [2.24, 2.45) is 0 Å². The molecule has 3 nitrogen and oxygen atoms in total. The van der Waals surface area contributed by atoms with Crippen molar-refractivity contribution in [3.05, 3.63) is 70.9 Å². The van der Waals surface area contributed by atoms with Crippen LogP contribution in [0.2, 0.25) is 0 Å². The standard InChI is InChI=1S/C15H13N2OP/c18-15-13-7-2-1-6-12(13)14(19)10-17(15)9-11-5-3-4-8-16-11/h1-8,10H,9,19H2. The topological polar surface area (TPSA) is 34.9 Å². The largest absolute Gasteiger partial charge is 0.308 e. The number of benzene rings is 1. The van der Waals surface area contributed by atoms with Crippen LogP contribution >= 0.6 is 9.24 Å². The van der Waals surface area contributed by atoms with Crippen molar-refractivity contribution in [3.63, 3.8) is 0 Å². The zero-order valence-electron chi connectivity index (χ0n) is 10.3. The van der Waals surface area contributed by atoms with Gasteiger partial charge in [0.15, 0.2) is 0 Å². The van der Waals surface area contributed by atoms with Crippen LogP contribution in [0.1, 0.15) is 5.69 Å². The molecule has 0 aliphatic carbocycles. The van der Waals surface area contributed by atoms with Crippen LogP contribution in [0.3, 0.4) is 0 Å². The molecule has 1 unspecified atom stereocenters. The quantitative estimate of drug-likeness (QED) is 0.666. The molecular formula is C15H13N2OP. The minimum Gasteiger partial charge on any atom is -0.308 e. The van der Waals surface area contributed by atoms with E-state index in [1.807, 2.05) is 48.7 Å². The van der Waals surface area contributed by atoms with E-state index in [-0.39, 0.29) is 5.56 Å². The van der Waals surface area contributed by atoms with Gasteiger partial charge in [0, 0.05) is 17.8 Å². The van der Waals surface area contributed by atoms with E-state index in [0.29, 0.717) is 6.54 Å². The molecule has 0 spiro atoms. The molecular weight excluding hydrogens is 255 g/mol. The molecule has 1 aromatic carbocycles. The molecule has 94 valence electrons. The average Bonchev–Trinajstić information content (AvgIpc) is 2.46. The lowest BCUT2D eigenvalue weighted by Gasteiger charge is -2.09. The second-order valence-electron chi connectivity index (χ2n) is 4.38. The maximum atomic E-state index is 12.4. The number of hydrogen-bond donors (Lipinski definition) is 0. The highest BCUT2D eigenvalue weighted by Crippen LogP contribution is 2.09. The summed E-state index contributed by atoms with van der Waals surface area (Å²) in [6, 6.07) is 13.4. The average molecular weight is 268 g/mol. The number of hydrogen-bond acceptors (Lipinski definition) is 2. The smallest absolute Gasteiger partial charge is 0.258 e. The van der Waals surface area contributed by atoms with Gasteiger partial charge in [0.2, 0.25) is 0 Å². The van der Waals surface area contributed by atoms with E-state index in [1.54, 1.807) is 10.8 Å². The van der Waals surface area contributed by atoms with Crippen molar-refractivity contribution >= 4 is 25.3 Å². The first-order valence-corrected chi connectivity index (χ1v) is 6.61. The molecule has 0 bridgehead atoms. The van der Waals surface area contributed by atoms with Crippen molar-refractivity contribution in [2.75, 3.05) is 0 Å². The Bertz CT molecular complexity index is 781. The molecule has 19 heavy (non-hydrogen) atoms. The van der Waals surface area contributed by atoms with Crippen molar-refractivity contribution < 1.29 is 0 Å². The van der Waals surface area contributed by atoms with E-state index < -0.39 is 0 Å². The van der Waals surface area contributed by atoms with Gasteiger partial charge in [-0.25, -0.2) is 0 Å². The van der Waals surface area contributed by atoms with E-state index in [2.05, 4.69) is 14.2 Å². The fourth-order valence-corrected chi connectivity index (χ4v) is 2.59. The predicted octanol–water partition coefficient (Wildman–Crippen LogP) is 1.95. The molecule has 0 radical (unpaired) electrons. The van der Waals surface area contributed by atoms with Gasteiger partial charge >= 0.3 is 0 Å². The zero-order valence-corrected chi connectivity index (χ0v) is 11.4. The Morgan fingerprint density at radius 3 is 2.53 bits per heavy atom. The summed E-state index contributed by atoms with van der Waals surface area (Å²) in [6.07, 6.45) is 3.60. The molecule has 0 aliphatic rings. The van der Waals surface area contributed by atoms with Gasteiger partial charge in [-0.2, -0.15) is 0 Å². The van der Waals surface area contributed by atoms with Crippen LogP contribution in [0.4, 0.5) is 0 Å². The van der Waals surface area contributed by atoms with Crippen LogP contribution in [-0.4, -0.2) is 9.55 Å². The van der Waals surface area contributed by atoms with Crippen LogP contribution in [-0.2, 0) is 6.54 Å². The predicted molar refractivity (Wildman–Crippen MR) is 80.9 cm³/mol. The Morgan fingerprint density at radius 1 is 1.05 bits per heavy atom. The molecule has 4 heteroatoms. The summed E-state index contributed by atoms with van der Waals surface area (Å²) in [6.45, 7) is 0.492. The highest BCUT2D eigenvalue weighted by Gasteiger charge is 2.06. The Hall–Kier alpha value is -1.99. The van der Waals surface area contributed by atoms with Crippen molar-refractivity contribution in [1.29, 1.82) is 0 Å². The molecule has 1 atom stereocenters. The molecule has 2 aromatic heterocycles. The third-order valence-electron chi connectivity index (χ3n) is 3.08. The third kappa shape index (κ3) is 2.29. The van der Waals surface area contributed by atoms with E-state index >= 15 is 0 Å². The number of aromatic nitrogens is 2. The molecule has 3 aromatic rings. The third-order valence-corrected chi connectivity index (χ3v) is 3.54. The minimum absolute atomic E-state index is 0.0208. The van der Waals surface area contributed by atoms with Crippen molar-refractivity contribution in [3.8, 4) is 0 Å². The van der Waals surface area contributed by atoms with Gasteiger partial charge in [-0.3, -0.25) is 9.78 Å². The fraction of sp³-hybridized carbons (Fsp3) is 0.0667. The van der Waals surface area contributed by atoms with Crippen LogP contribution < -0.4 is 10.9 Å². The van der Waals surface area contributed by atoms with Gasteiger partial charge in [-0.05, 0) is 28.9 Å². The molecule has 0 saturated carbocycles. The minimum atomic E-state index is 0.0208. The number of rotatable bonds is 2. The molecule has 2 heterocycles. The van der Waals surface area contributed by atoms with E-state index in [4.69, 9.17) is 0 Å². The molecule has 0 aliphatic heterocycles. The fourth-order valence-electron chi connectivity index (χ4n) is 2.16. The van der Waals surface area contributed by atoms with Gasteiger partial charge < -0.3 is 4.57 Å². The number of nitrogens with zero attached hydrogens (tertiary/aromatic N) is 2. The SMILES string of the molecule is O=c1c2ccccc2c(P)cn1Cc1ccccn1. The summed E-state index contributed by atoms with van der Waals surface area (Å²) in [5, 5.41) is 2.74. The van der Waals surface area contributed by atoms with Gasteiger partial charge in [-0.1, -0.05) is 24.3 Å². The summed E-state index contributed by atoms with van der Waals surface area (Å²) in [4.78, 5) is 16.7. The summed E-state index contributed by atoms with van der Waals surface area (Å²) in [5.74, 6) is 0. The monoisotopic (exact) mass is 268 g/mol. The van der Waals surface area contributed by atoms with Crippen LogP contribution in [0, 0.1) is 0 Å². The molecule has 0 amide bonds. The maximum Gasteiger partial charge on any atom is 0.258 e. The van der Waals surface area contributed by atoms with Gasteiger partial charge in [0.25, 0.3) is 5.56 Å². The zero-order chi connectivity index (χ0) is 13.2. The highest BCUT2D eigenvalue weighted by atomic mass is 31.0. The first kappa shape index (κ1) is 12.1. The first-order valence-electron chi connectivity index (χ1n) is 6.03. The van der Waals surface area contributed by atoms with Gasteiger partial charge in [0.05, 0.1) is 12.2 Å². The second kappa shape index (κ2) is 4.94. The van der Waals surface area contributed by atoms with E-state index in [0.717, 1.165) is 21.8 Å². The maximum absolute atomic E-state index is 12.4. The summed E-state index contributed by atoms with van der Waals surface area (Å²) >= 11 is 0. The van der Waals surface area contributed by atoms with E-state index in [1.165, 1.54) is 0 Å². The Balaban J connectivity index is 2.15.